The molecule has 3 nitrogen and oxygen atoms in total. The summed E-state index contributed by atoms with van der Waals surface area (Å²) in [5.74, 6) is 0. The first kappa shape index (κ1) is 11.3. The first-order valence-electron chi connectivity index (χ1n) is 5.78. The highest BCUT2D eigenvalue weighted by atomic mass is 19.1. The van der Waals surface area contributed by atoms with E-state index in [4.69, 9.17) is 0 Å². The minimum absolute atomic E-state index is 0.575. The van der Waals surface area contributed by atoms with Crippen LogP contribution in [-0.4, -0.2) is 40.5 Å². The molecule has 0 amide bonds. The van der Waals surface area contributed by atoms with Gasteiger partial charge in [0.1, 0.15) is 6.17 Å². The van der Waals surface area contributed by atoms with Gasteiger partial charge >= 0.3 is 0 Å². The monoisotopic (exact) mass is 223 g/mol. The Morgan fingerprint density at radius 3 is 2.94 bits per heavy atom. The number of nitrogens with zero attached hydrogens (tertiary/aromatic N) is 3. The van der Waals surface area contributed by atoms with Crippen molar-refractivity contribution in [2.45, 2.75) is 26.1 Å². The molecule has 0 unspecified atom stereocenters. The quantitative estimate of drug-likeness (QED) is 0.724. The van der Waals surface area contributed by atoms with Crippen molar-refractivity contribution >= 4 is 12.7 Å². The van der Waals surface area contributed by atoms with Crippen LogP contribution in [0.1, 0.15) is 13.3 Å². The van der Waals surface area contributed by atoms with E-state index in [1.54, 1.807) is 6.20 Å². The minimum Gasteiger partial charge on any atom is -0.296 e. The minimum atomic E-state index is -0.623. The molecule has 16 heavy (non-hydrogen) atoms. The van der Waals surface area contributed by atoms with Crippen molar-refractivity contribution in [3.05, 3.63) is 16.8 Å². The van der Waals surface area contributed by atoms with Gasteiger partial charge in [-0.15, -0.1) is 0 Å². The highest BCUT2D eigenvalue weighted by Gasteiger charge is 2.25. The number of alkyl halides is 1. The summed E-state index contributed by atoms with van der Waals surface area (Å²) >= 11 is 0. The average molecular weight is 223 g/mol. The average Bonchev–Trinajstić information content (AvgIpc) is 2.55. The van der Waals surface area contributed by atoms with Crippen LogP contribution in [0.4, 0.5) is 4.39 Å². The SMILES string of the molecule is C=c1cnn(CCN2CC(F)C2)/c1=C/CC. The maximum Gasteiger partial charge on any atom is 0.125 e. The Morgan fingerprint density at radius 1 is 1.56 bits per heavy atom. The summed E-state index contributed by atoms with van der Waals surface area (Å²) in [6.07, 6.45) is 4.27. The normalized spacial score (nSPS) is 19.0. The number of likely N-dealkylation sites (tertiary alicyclic amines) is 1. The third kappa shape index (κ3) is 2.32. The molecule has 0 spiro atoms. The topological polar surface area (TPSA) is 21.1 Å². The van der Waals surface area contributed by atoms with Crippen LogP contribution < -0.4 is 10.6 Å². The van der Waals surface area contributed by atoms with Gasteiger partial charge < -0.3 is 0 Å². The molecule has 1 aliphatic rings. The van der Waals surface area contributed by atoms with Gasteiger partial charge in [-0.25, -0.2) is 4.39 Å². The van der Waals surface area contributed by atoms with Crippen LogP contribution in [0.15, 0.2) is 6.20 Å². The number of rotatable bonds is 4. The Kier molecular flexibility index (Phi) is 3.39. The fourth-order valence-electron chi connectivity index (χ4n) is 1.97. The molecule has 0 bridgehead atoms. The lowest BCUT2D eigenvalue weighted by Crippen LogP contribution is -2.49. The largest absolute Gasteiger partial charge is 0.296 e. The van der Waals surface area contributed by atoms with E-state index < -0.39 is 6.17 Å². The number of hydrogen-bond donors (Lipinski definition) is 0. The van der Waals surface area contributed by atoms with Gasteiger partial charge in [0.2, 0.25) is 0 Å². The maximum atomic E-state index is 12.6. The molecule has 0 saturated carbocycles. The zero-order valence-corrected chi connectivity index (χ0v) is 9.69. The van der Waals surface area contributed by atoms with Gasteiger partial charge in [0.25, 0.3) is 0 Å². The molecule has 0 N–H and O–H groups in total. The van der Waals surface area contributed by atoms with Gasteiger partial charge in [0.05, 0.1) is 18.1 Å². The van der Waals surface area contributed by atoms with E-state index in [0.29, 0.717) is 13.1 Å². The molecule has 1 aromatic heterocycles. The summed E-state index contributed by atoms with van der Waals surface area (Å²) in [5, 5.41) is 6.35. The fourth-order valence-corrected chi connectivity index (χ4v) is 1.97. The van der Waals surface area contributed by atoms with Gasteiger partial charge in [-0.2, -0.15) is 5.10 Å². The van der Waals surface area contributed by atoms with Crippen LogP contribution in [0.2, 0.25) is 0 Å². The summed E-state index contributed by atoms with van der Waals surface area (Å²) in [7, 11) is 0. The van der Waals surface area contributed by atoms with E-state index in [0.717, 1.165) is 30.1 Å². The molecule has 4 heteroatoms. The zero-order chi connectivity index (χ0) is 11.5. The highest BCUT2D eigenvalue weighted by molar-refractivity contribution is 5.20. The number of aromatic nitrogens is 2. The Bertz CT molecular complexity index is 445. The van der Waals surface area contributed by atoms with Gasteiger partial charge in [0.15, 0.2) is 0 Å². The van der Waals surface area contributed by atoms with Crippen LogP contribution in [0.3, 0.4) is 0 Å². The van der Waals surface area contributed by atoms with Crippen molar-refractivity contribution in [1.82, 2.24) is 14.7 Å². The first-order chi connectivity index (χ1) is 7.70. The van der Waals surface area contributed by atoms with Gasteiger partial charge in [-0.05, 0) is 6.42 Å². The van der Waals surface area contributed by atoms with Crippen LogP contribution in [0.25, 0.3) is 12.7 Å². The lowest BCUT2D eigenvalue weighted by molar-refractivity contribution is 0.0617. The van der Waals surface area contributed by atoms with Crippen molar-refractivity contribution in [2.24, 2.45) is 0 Å². The second-order valence-corrected chi connectivity index (χ2v) is 4.25. The molecule has 1 fully saturated rings. The molecule has 0 aliphatic carbocycles. The molecule has 1 aliphatic heterocycles. The Hall–Kier alpha value is -1.16. The molecule has 1 aromatic rings. The van der Waals surface area contributed by atoms with Crippen LogP contribution in [0.5, 0.6) is 0 Å². The predicted octanol–water partition coefficient (Wildman–Crippen LogP) is 0.138. The van der Waals surface area contributed by atoms with Crippen molar-refractivity contribution in [2.75, 3.05) is 19.6 Å². The van der Waals surface area contributed by atoms with E-state index in [1.807, 2.05) is 4.68 Å². The summed E-state index contributed by atoms with van der Waals surface area (Å²) in [4.78, 5) is 2.10. The Labute approximate surface area is 94.9 Å². The van der Waals surface area contributed by atoms with Crippen LogP contribution in [0, 0.1) is 0 Å². The first-order valence-corrected chi connectivity index (χ1v) is 5.78. The summed E-state index contributed by atoms with van der Waals surface area (Å²) in [6, 6.07) is 0. The van der Waals surface area contributed by atoms with Crippen LogP contribution in [-0.2, 0) is 6.54 Å². The van der Waals surface area contributed by atoms with Gasteiger partial charge in [-0.3, -0.25) is 9.58 Å². The molecule has 1 saturated heterocycles. The van der Waals surface area contributed by atoms with E-state index in [2.05, 4.69) is 29.6 Å². The summed E-state index contributed by atoms with van der Waals surface area (Å²) < 4.78 is 14.6. The summed E-state index contributed by atoms with van der Waals surface area (Å²) in [6.45, 7) is 8.87. The maximum absolute atomic E-state index is 12.6. The fraction of sp³-hybridized carbons (Fsp3) is 0.583. The van der Waals surface area contributed by atoms with E-state index in [9.17, 15) is 4.39 Å². The van der Waals surface area contributed by atoms with Crippen molar-refractivity contribution in [3.63, 3.8) is 0 Å². The lowest BCUT2D eigenvalue weighted by atomic mass is 10.2. The van der Waals surface area contributed by atoms with Crippen molar-refractivity contribution in [1.29, 1.82) is 0 Å². The summed E-state index contributed by atoms with van der Waals surface area (Å²) in [5.41, 5.74) is 0. The number of hydrogen-bond acceptors (Lipinski definition) is 2. The molecule has 0 atom stereocenters. The van der Waals surface area contributed by atoms with E-state index in [1.165, 1.54) is 0 Å². The molecule has 2 rings (SSSR count). The second-order valence-electron chi connectivity index (χ2n) is 4.25. The second kappa shape index (κ2) is 4.78. The third-order valence-corrected chi connectivity index (χ3v) is 2.90. The van der Waals surface area contributed by atoms with Crippen molar-refractivity contribution < 1.29 is 4.39 Å². The molecule has 88 valence electrons. The van der Waals surface area contributed by atoms with Gasteiger partial charge in [0, 0.05) is 24.9 Å². The standard InChI is InChI=1S/C12H18FN3/c1-3-4-12-10(2)7-14-16(12)6-5-15-8-11(13)9-15/h4,7,11H,2-3,5-6,8-9H2,1H3/b12-4+. The third-order valence-electron chi connectivity index (χ3n) is 2.90. The predicted molar refractivity (Wildman–Crippen MR) is 63.1 cm³/mol. The van der Waals surface area contributed by atoms with Gasteiger partial charge in [-0.1, -0.05) is 19.6 Å². The smallest absolute Gasteiger partial charge is 0.125 e. The van der Waals surface area contributed by atoms with E-state index in [-0.39, 0.29) is 0 Å². The van der Waals surface area contributed by atoms with Crippen LogP contribution >= 0.6 is 0 Å². The molecule has 0 aromatic carbocycles. The molecular formula is C12H18FN3. The van der Waals surface area contributed by atoms with Crippen molar-refractivity contribution in [3.8, 4) is 0 Å². The number of halogens is 1. The van der Waals surface area contributed by atoms with E-state index >= 15 is 0 Å². The Morgan fingerprint density at radius 2 is 2.31 bits per heavy atom. The molecule has 2 heterocycles. The highest BCUT2D eigenvalue weighted by Crippen LogP contribution is 2.09. The zero-order valence-electron chi connectivity index (χ0n) is 9.69. The molecule has 0 radical (unpaired) electrons. The molecular weight excluding hydrogens is 205 g/mol. The lowest BCUT2D eigenvalue weighted by Gasteiger charge is -2.34. The Balaban J connectivity index is 1.99.